The highest BCUT2D eigenvalue weighted by molar-refractivity contribution is 7.18. The molecule has 3 aromatic rings. The Kier molecular flexibility index (Phi) is 2.91. The van der Waals surface area contributed by atoms with E-state index in [2.05, 4.69) is 9.97 Å². The first-order valence-electron chi connectivity index (χ1n) is 7.71. The largest absolute Gasteiger partial charge is 0.486 e. The fourth-order valence-corrected chi connectivity index (χ4v) is 4.40. The zero-order valence-corrected chi connectivity index (χ0v) is 13.2. The summed E-state index contributed by atoms with van der Waals surface area (Å²) in [6, 6.07) is 5.61. The van der Waals surface area contributed by atoms with Crippen molar-refractivity contribution in [1.29, 1.82) is 0 Å². The lowest BCUT2D eigenvalue weighted by molar-refractivity contribution is 0.171. The first-order valence-corrected chi connectivity index (χ1v) is 8.53. The predicted molar refractivity (Wildman–Crippen MR) is 86.9 cm³/mol. The summed E-state index contributed by atoms with van der Waals surface area (Å²) in [6.45, 7) is 1.15. The number of fused-ring (bicyclic) bond motifs is 4. The summed E-state index contributed by atoms with van der Waals surface area (Å²) >= 11 is 1.76. The Balaban J connectivity index is 1.56. The van der Waals surface area contributed by atoms with Gasteiger partial charge in [0.25, 0.3) is 0 Å². The topological polar surface area (TPSA) is 53.5 Å². The first kappa shape index (κ1) is 13.1. The Hall–Kier alpha value is -2.34. The fourth-order valence-electron chi connectivity index (χ4n) is 3.18. The molecule has 5 rings (SSSR count). The van der Waals surface area contributed by atoms with Crippen LogP contribution in [0.4, 0.5) is 0 Å². The molecular weight excluding hydrogens is 312 g/mol. The van der Waals surface area contributed by atoms with Crippen LogP contribution in [-0.4, -0.2) is 23.2 Å². The highest BCUT2D eigenvalue weighted by Crippen LogP contribution is 2.42. The van der Waals surface area contributed by atoms with E-state index in [4.69, 9.17) is 14.2 Å². The van der Waals surface area contributed by atoms with Crippen molar-refractivity contribution in [2.45, 2.75) is 19.3 Å². The second-order valence-corrected chi connectivity index (χ2v) is 6.71. The number of hydrogen-bond acceptors (Lipinski definition) is 6. The van der Waals surface area contributed by atoms with Gasteiger partial charge in [-0.1, -0.05) is 0 Å². The van der Waals surface area contributed by atoms with E-state index in [1.54, 1.807) is 17.7 Å². The molecule has 2 aromatic heterocycles. The summed E-state index contributed by atoms with van der Waals surface area (Å²) in [7, 11) is 0. The van der Waals surface area contributed by atoms with Gasteiger partial charge in [-0.2, -0.15) is 0 Å². The zero-order chi connectivity index (χ0) is 15.2. The average Bonchev–Trinajstić information content (AvgIpc) is 3.16. The molecule has 0 amide bonds. The minimum Gasteiger partial charge on any atom is -0.486 e. The molecule has 3 heterocycles. The van der Waals surface area contributed by atoms with Crippen LogP contribution in [0.1, 0.15) is 16.9 Å². The molecule has 0 saturated carbocycles. The molecule has 1 aromatic carbocycles. The van der Waals surface area contributed by atoms with Gasteiger partial charge in [-0.25, -0.2) is 9.97 Å². The van der Waals surface area contributed by atoms with Crippen molar-refractivity contribution in [3.05, 3.63) is 35.0 Å². The second-order valence-electron chi connectivity index (χ2n) is 5.62. The maximum absolute atomic E-state index is 6.06. The molecule has 116 valence electrons. The smallest absolute Gasteiger partial charge is 0.231 e. The van der Waals surface area contributed by atoms with E-state index in [0.717, 1.165) is 34.6 Å². The van der Waals surface area contributed by atoms with Crippen LogP contribution in [0.2, 0.25) is 0 Å². The molecule has 0 bridgehead atoms. The number of thiophene rings is 1. The predicted octanol–water partition coefficient (Wildman–Crippen LogP) is 3.74. The third kappa shape index (κ3) is 2.13. The molecule has 0 atom stereocenters. The van der Waals surface area contributed by atoms with Crippen LogP contribution in [0.5, 0.6) is 23.1 Å². The van der Waals surface area contributed by atoms with E-state index in [1.807, 2.05) is 18.2 Å². The van der Waals surface area contributed by atoms with Crippen LogP contribution in [0.15, 0.2) is 24.5 Å². The van der Waals surface area contributed by atoms with Crippen molar-refractivity contribution in [2.24, 2.45) is 0 Å². The first-order chi connectivity index (χ1) is 11.4. The van der Waals surface area contributed by atoms with Crippen molar-refractivity contribution in [3.63, 3.8) is 0 Å². The van der Waals surface area contributed by atoms with Gasteiger partial charge in [0.2, 0.25) is 5.88 Å². The van der Waals surface area contributed by atoms with E-state index < -0.39 is 0 Å². The van der Waals surface area contributed by atoms with E-state index in [0.29, 0.717) is 24.8 Å². The van der Waals surface area contributed by atoms with E-state index >= 15 is 0 Å². The second kappa shape index (κ2) is 5.09. The van der Waals surface area contributed by atoms with Crippen molar-refractivity contribution in [2.75, 3.05) is 13.2 Å². The minimum absolute atomic E-state index is 0.562. The number of nitrogens with zero attached hydrogens (tertiary/aromatic N) is 2. The Morgan fingerprint density at radius 1 is 1.04 bits per heavy atom. The zero-order valence-electron chi connectivity index (χ0n) is 12.4. The van der Waals surface area contributed by atoms with Crippen molar-refractivity contribution < 1.29 is 14.2 Å². The molecular formula is C17H14N2O3S. The number of ether oxygens (including phenoxy) is 3. The number of rotatable bonds is 2. The van der Waals surface area contributed by atoms with Crippen LogP contribution in [0, 0.1) is 0 Å². The lowest BCUT2D eigenvalue weighted by Gasteiger charge is -2.18. The van der Waals surface area contributed by atoms with Gasteiger partial charge < -0.3 is 14.2 Å². The third-order valence-electron chi connectivity index (χ3n) is 4.19. The van der Waals surface area contributed by atoms with Gasteiger partial charge in [0.05, 0.1) is 5.39 Å². The average molecular weight is 326 g/mol. The van der Waals surface area contributed by atoms with Gasteiger partial charge in [0.1, 0.15) is 30.1 Å². The summed E-state index contributed by atoms with van der Waals surface area (Å²) in [5, 5.41) is 1.07. The maximum atomic E-state index is 6.06. The van der Waals surface area contributed by atoms with Crippen LogP contribution in [0.25, 0.3) is 10.2 Å². The van der Waals surface area contributed by atoms with Gasteiger partial charge in [0, 0.05) is 10.9 Å². The normalized spacial score (nSPS) is 15.7. The Labute approximate surface area is 136 Å². The summed E-state index contributed by atoms with van der Waals surface area (Å²) in [6.07, 6.45) is 5.00. The molecule has 2 aliphatic rings. The van der Waals surface area contributed by atoms with E-state index in [-0.39, 0.29) is 0 Å². The molecule has 0 unspecified atom stereocenters. The highest BCUT2D eigenvalue weighted by atomic mass is 32.1. The summed E-state index contributed by atoms with van der Waals surface area (Å²) < 4.78 is 17.2. The maximum Gasteiger partial charge on any atom is 0.231 e. The van der Waals surface area contributed by atoms with Gasteiger partial charge in [-0.3, -0.25) is 0 Å². The van der Waals surface area contributed by atoms with Crippen LogP contribution in [-0.2, 0) is 12.8 Å². The van der Waals surface area contributed by atoms with E-state index in [1.165, 1.54) is 16.9 Å². The minimum atomic E-state index is 0.562. The molecule has 0 N–H and O–H groups in total. The Bertz CT molecular complexity index is 906. The van der Waals surface area contributed by atoms with E-state index in [9.17, 15) is 0 Å². The lowest BCUT2D eigenvalue weighted by Crippen LogP contribution is -2.15. The molecule has 0 radical (unpaired) electrons. The number of benzene rings is 1. The number of hydrogen-bond donors (Lipinski definition) is 0. The fraction of sp³-hybridized carbons (Fsp3) is 0.294. The van der Waals surface area contributed by atoms with Crippen molar-refractivity contribution in [1.82, 2.24) is 9.97 Å². The van der Waals surface area contributed by atoms with Crippen LogP contribution < -0.4 is 14.2 Å². The summed E-state index contributed by atoms with van der Waals surface area (Å²) in [5.41, 5.74) is 1.36. The molecule has 0 saturated heterocycles. The monoisotopic (exact) mass is 326 g/mol. The summed E-state index contributed by atoms with van der Waals surface area (Å²) in [5.74, 6) is 2.81. The number of aryl methyl sites for hydroxylation is 2. The Morgan fingerprint density at radius 3 is 2.91 bits per heavy atom. The number of aromatic nitrogens is 2. The molecule has 1 aliphatic heterocycles. The quantitative estimate of drug-likeness (QED) is 0.718. The van der Waals surface area contributed by atoms with Crippen LogP contribution in [0.3, 0.4) is 0 Å². The summed E-state index contributed by atoms with van der Waals surface area (Å²) in [4.78, 5) is 11.2. The van der Waals surface area contributed by atoms with Crippen LogP contribution >= 0.6 is 11.3 Å². The third-order valence-corrected chi connectivity index (χ3v) is 5.39. The molecule has 23 heavy (non-hydrogen) atoms. The van der Waals surface area contributed by atoms with Gasteiger partial charge in [-0.15, -0.1) is 11.3 Å². The Morgan fingerprint density at radius 2 is 1.96 bits per heavy atom. The van der Waals surface area contributed by atoms with Gasteiger partial charge in [0.15, 0.2) is 11.5 Å². The molecule has 1 aliphatic carbocycles. The molecule has 5 nitrogen and oxygen atoms in total. The highest BCUT2D eigenvalue weighted by Gasteiger charge is 2.22. The molecule has 0 fully saturated rings. The van der Waals surface area contributed by atoms with Gasteiger partial charge in [-0.05, 0) is 37.0 Å². The standard InChI is InChI=1S/C17H14N2O3S/c1-2-11-14(3-1)23-17-15(11)16(18-9-19-17)22-10-4-5-12-13(8-10)21-7-6-20-12/h4-5,8-9H,1-3,6-7H2. The van der Waals surface area contributed by atoms with Crippen molar-refractivity contribution >= 4 is 21.6 Å². The van der Waals surface area contributed by atoms with Gasteiger partial charge >= 0.3 is 0 Å². The molecule has 0 spiro atoms. The van der Waals surface area contributed by atoms with Crippen molar-refractivity contribution in [3.8, 4) is 23.1 Å². The lowest BCUT2D eigenvalue weighted by atomic mass is 10.2. The molecule has 6 heteroatoms. The SMILES string of the molecule is c1nc(Oc2ccc3c(c2)OCCO3)c2c3c(sc2n1)CCC3.